The van der Waals surface area contributed by atoms with Crippen LogP contribution in [0.3, 0.4) is 0 Å². The Balaban J connectivity index is 1.72. The van der Waals surface area contributed by atoms with Crippen LogP contribution < -0.4 is 15.0 Å². The summed E-state index contributed by atoms with van der Waals surface area (Å²) in [5.74, 6) is -1.46. The van der Waals surface area contributed by atoms with E-state index in [1.807, 2.05) is 6.92 Å². The van der Waals surface area contributed by atoms with Crippen molar-refractivity contribution in [3.63, 3.8) is 0 Å². The summed E-state index contributed by atoms with van der Waals surface area (Å²) in [6.45, 7) is 2.16. The highest BCUT2D eigenvalue weighted by Gasteiger charge is 2.36. The monoisotopic (exact) mass is 478 g/mol. The van der Waals surface area contributed by atoms with Gasteiger partial charge in [0.1, 0.15) is 17.1 Å². The van der Waals surface area contributed by atoms with Crippen molar-refractivity contribution in [2.75, 3.05) is 11.5 Å². The molecule has 0 aromatic heterocycles. The van der Waals surface area contributed by atoms with Crippen LogP contribution in [0.15, 0.2) is 72.3 Å². The lowest BCUT2D eigenvalue weighted by Crippen LogP contribution is -2.54. The van der Waals surface area contributed by atoms with Crippen molar-refractivity contribution in [2.24, 2.45) is 0 Å². The molecular formula is C26H20ClFN2O4. The lowest BCUT2D eigenvalue weighted by atomic mass is 10.00. The van der Waals surface area contributed by atoms with Crippen LogP contribution in [0.5, 0.6) is 5.75 Å². The van der Waals surface area contributed by atoms with Crippen LogP contribution >= 0.6 is 11.6 Å². The number of halogens is 2. The van der Waals surface area contributed by atoms with E-state index < -0.39 is 17.8 Å². The Bertz CT molecular complexity index is 1310. The normalized spacial score (nSPS) is 15.0. The van der Waals surface area contributed by atoms with Crippen LogP contribution in [0.25, 0.3) is 6.08 Å². The van der Waals surface area contributed by atoms with E-state index in [9.17, 15) is 18.8 Å². The summed E-state index contributed by atoms with van der Waals surface area (Å²) in [5, 5.41) is 2.53. The van der Waals surface area contributed by atoms with E-state index in [1.54, 1.807) is 54.6 Å². The smallest absolute Gasteiger partial charge is 0.335 e. The highest BCUT2D eigenvalue weighted by molar-refractivity contribution is 6.39. The van der Waals surface area contributed by atoms with Crippen LogP contribution in [0.2, 0.25) is 5.02 Å². The molecule has 172 valence electrons. The SMILES string of the molecule is CCOc1cc(/C=C2\C(=O)NC(=O)N(c3ccccc3)C2=O)cc(Cl)c1Cc1cccc(F)c1. The Kier molecular flexibility index (Phi) is 6.75. The zero-order chi connectivity index (χ0) is 24.2. The number of carbonyl (C=O) groups is 3. The Morgan fingerprint density at radius 1 is 1.03 bits per heavy atom. The van der Waals surface area contributed by atoms with Gasteiger partial charge >= 0.3 is 6.03 Å². The third-order valence-electron chi connectivity index (χ3n) is 5.17. The van der Waals surface area contributed by atoms with Gasteiger partial charge in [-0.3, -0.25) is 14.9 Å². The second-order valence-corrected chi connectivity index (χ2v) is 7.92. The Morgan fingerprint density at radius 3 is 2.50 bits per heavy atom. The first kappa shape index (κ1) is 23.2. The third-order valence-corrected chi connectivity index (χ3v) is 5.51. The van der Waals surface area contributed by atoms with Gasteiger partial charge in [0.2, 0.25) is 0 Å². The minimum absolute atomic E-state index is 0.222. The maximum absolute atomic E-state index is 13.6. The molecule has 1 aliphatic rings. The molecule has 1 N–H and O–H groups in total. The minimum Gasteiger partial charge on any atom is -0.494 e. The molecule has 6 nitrogen and oxygen atoms in total. The summed E-state index contributed by atoms with van der Waals surface area (Å²) in [7, 11) is 0. The quantitative estimate of drug-likeness (QED) is 0.393. The maximum Gasteiger partial charge on any atom is 0.335 e. The van der Waals surface area contributed by atoms with Crippen molar-refractivity contribution in [3.8, 4) is 5.75 Å². The van der Waals surface area contributed by atoms with Gasteiger partial charge in [0.25, 0.3) is 11.8 Å². The first-order valence-corrected chi connectivity index (χ1v) is 10.9. The number of para-hydroxylation sites is 1. The van der Waals surface area contributed by atoms with Crippen LogP contribution in [0, 0.1) is 5.82 Å². The van der Waals surface area contributed by atoms with Gasteiger partial charge in [0.05, 0.1) is 12.3 Å². The van der Waals surface area contributed by atoms with Gasteiger partial charge < -0.3 is 4.74 Å². The molecule has 4 rings (SSSR count). The number of carbonyl (C=O) groups excluding carboxylic acids is 3. The number of nitrogens with zero attached hydrogens (tertiary/aromatic N) is 1. The molecular weight excluding hydrogens is 459 g/mol. The molecule has 0 saturated carbocycles. The van der Waals surface area contributed by atoms with E-state index in [-0.39, 0.29) is 11.4 Å². The fourth-order valence-electron chi connectivity index (χ4n) is 3.66. The molecule has 34 heavy (non-hydrogen) atoms. The minimum atomic E-state index is -0.822. The lowest BCUT2D eigenvalue weighted by molar-refractivity contribution is -0.122. The lowest BCUT2D eigenvalue weighted by Gasteiger charge is -2.26. The fraction of sp³-hybridized carbons (Fsp3) is 0.115. The summed E-state index contributed by atoms with van der Waals surface area (Å²) in [6.07, 6.45) is 1.69. The third kappa shape index (κ3) is 4.84. The standard InChI is InChI=1S/C26H20ClFN2O4/c1-2-34-23-15-17(14-22(27)20(23)12-16-7-6-8-18(28)11-16)13-21-24(31)29-26(33)30(25(21)32)19-9-4-3-5-10-19/h3-11,13-15H,2,12H2,1H3,(H,29,31,33)/b21-13+. The van der Waals surface area contributed by atoms with Crippen LogP contribution in [-0.2, 0) is 16.0 Å². The number of amides is 4. The van der Waals surface area contributed by atoms with Gasteiger partial charge in [-0.1, -0.05) is 41.9 Å². The fourth-order valence-corrected chi connectivity index (χ4v) is 3.94. The average Bonchev–Trinajstić information content (AvgIpc) is 2.80. The molecule has 0 radical (unpaired) electrons. The number of barbiturate groups is 1. The molecule has 0 spiro atoms. The predicted molar refractivity (Wildman–Crippen MR) is 127 cm³/mol. The van der Waals surface area contributed by atoms with E-state index >= 15 is 0 Å². The number of nitrogens with one attached hydrogen (secondary N) is 1. The summed E-state index contributed by atoms with van der Waals surface area (Å²) in [4.78, 5) is 38.8. The van der Waals surface area contributed by atoms with Crippen molar-refractivity contribution < 1.29 is 23.5 Å². The van der Waals surface area contributed by atoms with Gasteiger partial charge in [0, 0.05) is 17.0 Å². The second kappa shape index (κ2) is 9.89. The number of hydrogen-bond acceptors (Lipinski definition) is 4. The number of hydrogen-bond donors (Lipinski definition) is 1. The van der Waals surface area contributed by atoms with Gasteiger partial charge in [-0.25, -0.2) is 14.1 Å². The van der Waals surface area contributed by atoms with Crippen molar-refractivity contribution in [1.82, 2.24) is 5.32 Å². The van der Waals surface area contributed by atoms with Gasteiger partial charge in [-0.05, 0) is 60.5 Å². The Hall–Kier alpha value is -3.97. The first-order chi connectivity index (χ1) is 16.4. The number of imide groups is 2. The Morgan fingerprint density at radius 2 is 1.79 bits per heavy atom. The van der Waals surface area contributed by atoms with E-state index in [1.165, 1.54) is 18.2 Å². The van der Waals surface area contributed by atoms with Crippen LogP contribution in [-0.4, -0.2) is 24.5 Å². The molecule has 0 bridgehead atoms. The zero-order valence-corrected chi connectivity index (χ0v) is 18.9. The van der Waals surface area contributed by atoms with Gasteiger partial charge in [-0.15, -0.1) is 0 Å². The number of rotatable bonds is 6. The van der Waals surface area contributed by atoms with Gasteiger partial charge in [-0.2, -0.15) is 0 Å². The molecule has 1 heterocycles. The van der Waals surface area contributed by atoms with E-state index in [2.05, 4.69) is 5.32 Å². The summed E-state index contributed by atoms with van der Waals surface area (Å²) < 4.78 is 19.4. The van der Waals surface area contributed by atoms with Crippen molar-refractivity contribution in [1.29, 1.82) is 0 Å². The molecule has 3 aromatic rings. The van der Waals surface area contributed by atoms with E-state index in [0.717, 1.165) is 4.90 Å². The first-order valence-electron chi connectivity index (χ1n) is 10.5. The molecule has 4 amide bonds. The number of anilines is 1. The second-order valence-electron chi connectivity index (χ2n) is 7.51. The highest BCUT2D eigenvalue weighted by Crippen LogP contribution is 2.33. The number of benzene rings is 3. The van der Waals surface area contributed by atoms with Gasteiger partial charge in [0.15, 0.2) is 0 Å². The van der Waals surface area contributed by atoms with Crippen molar-refractivity contribution >= 4 is 41.2 Å². The summed E-state index contributed by atoms with van der Waals surface area (Å²) in [6, 6.07) is 16.9. The molecule has 0 aliphatic carbocycles. The van der Waals surface area contributed by atoms with E-state index in [4.69, 9.17) is 16.3 Å². The van der Waals surface area contributed by atoms with E-state index in [0.29, 0.717) is 46.2 Å². The number of urea groups is 1. The zero-order valence-electron chi connectivity index (χ0n) is 18.2. The van der Waals surface area contributed by atoms with Crippen LogP contribution in [0.1, 0.15) is 23.6 Å². The van der Waals surface area contributed by atoms with Crippen LogP contribution in [0.4, 0.5) is 14.9 Å². The molecule has 1 fully saturated rings. The molecule has 1 aliphatic heterocycles. The average molecular weight is 479 g/mol. The number of ether oxygens (including phenoxy) is 1. The largest absolute Gasteiger partial charge is 0.494 e. The predicted octanol–water partition coefficient (Wildman–Crippen LogP) is 5.14. The topological polar surface area (TPSA) is 75.7 Å². The molecule has 3 aromatic carbocycles. The van der Waals surface area contributed by atoms with Crippen molar-refractivity contribution in [3.05, 3.63) is 99.8 Å². The summed E-state index contributed by atoms with van der Waals surface area (Å²) in [5.41, 5.74) is 1.92. The Labute approximate surface area is 200 Å². The highest BCUT2D eigenvalue weighted by atomic mass is 35.5. The molecule has 8 heteroatoms. The maximum atomic E-state index is 13.6. The summed E-state index contributed by atoms with van der Waals surface area (Å²) >= 11 is 6.55. The molecule has 0 atom stereocenters. The molecule has 1 saturated heterocycles. The molecule has 0 unspecified atom stereocenters. The van der Waals surface area contributed by atoms with Crippen molar-refractivity contribution in [2.45, 2.75) is 13.3 Å².